The third-order valence-corrected chi connectivity index (χ3v) is 3.64. The van der Waals surface area contributed by atoms with E-state index < -0.39 is 35.2 Å². The van der Waals surface area contributed by atoms with Crippen LogP contribution in [-0.2, 0) is 19.1 Å². The summed E-state index contributed by atoms with van der Waals surface area (Å²) < 4.78 is 10.6. The normalized spacial score (nSPS) is 13.4. The highest BCUT2D eigenvalue weighted by atomic mass is 16.6. The molecule has 0 saturated carbocycles. The summed E-state index contributed by atoms with van der Waals surface area (Å²) >= 11 is 0. The van der Waals surface area contributed by atoms with E-state index in [1.54, 1.807) is 41.5 Å². The molecule has 0 aliphatic rings. The van der Waals surface area contributed by atoms with Crippen LogP contribution >= 0.6 is 0 Å². The van der Waals surface area contributed by atoms with E-state index in [1.807, 2.05) is 6.92 Å². The van der Waals surface area contributed by atoms with Gasteiger partial charge in [0.15, 0.2) is 0 Å². The minimum atomic E-state index is -0.978. The number of nitrogens with one attached hydrogen (secondary N) is 2. The van der Waals surface area contributed by atoms with Gasteiger partial charge in [-0.2, -0.15) is 0 Å². The fourth-order valence-electron chi connectivity index (χ4n) is 2.45. The molecule has 172 valence electrons. The van der Waals surface area contributed by atoms with Crippen LogP contribution in [0.1, 0.15) is 80.6 Å². The molecular weight excluding hydrogens is 390 g/mol. The Hall–Kier alpha value is -2.48. The van der Waals surface area contributed by atoms with E-state index in [1.165, 1.54) is 0 Å². The minimum absolute atomic E-state index is 0.0313. The van der Waals surface area contributed by atoms with Crippen molar-refractivity contribution < 1.29 is 23.9 Å². The zero-order valence-electron chi connectivity index (χ0n) is 19.3. The number of carbonyl (C=O) groups excluding carboxylic acids is 3. The van der Waals surface area contributed by atoms with Gasteiger partial charge in [-0.1, -0.05) is 11.5 Å². The Morgan fingerprint density at radius 2 is 1.57 bits per heavy atom. The SMILES string of the molecule is C[C@H](CCCCN=[N+]=[N-])NC(=O)N[C@@H](CCC(=O)OC(C)(C)C)C(=O)OC(C)(C)C. The molecule has 0 aromatic heterocycles. The van der Waals surface area contributed by atoms with Crippen LogP contribution in [0.5, 0.6) is 0 Å². The zero-order chi connectivity index (χ0) is 23.4. The van der Waals surface area contributed by atoms with Crippen molar-refractivity contribution in [3.05, 3.63) is 10.4 Å². The second-order valence-electron chi connectivity index (χ2n) is 9.18. The predicted octanol–water partition coefficient (Wildman–Crippen LogP) is 3.99. The summed E-state index contributed by atoms with van der Waals surface area (Å²) in [6.45, 7) is 12.7. The van der Waals surface area contributed by atoms with Crippen molar-refractivity contribution in [1.29, 1.82) is 0 Å². The number of azide groups is 1. The Morgan fingerprint density at radius 1 is 0.967 bits per heavy atom. The van der Waals surface area contributed by atoms with Crippen molar-refractivity contribution >= 4 is 18.0 Å². The van der Waals surface area contributed by atoms with Crippen molar-refractivity contribution in [3.63, 3.8) is 0 Å². The summed E-state index contributed by atoms with van der Waals surface area (Å²) in [4.78, 5) is 39.5. The molecule has 0 saturated heterocycles. The molecule has 10 nitrogen and oxygen atoms in total. The highest BCUT2D eigenvalue weighted by molar-refractivity contribution is 5.84. The molecule has 0 unspecified atom stereocenters. The highest BCUT2D eigenvalue weighted by Gasteiger charge is 2.28. The molecule has 0 bridgehead atoms. The van der Waals surface area contributed by atoms with Crippen LogP contribution in [0, 0.1) is 0 Å². The standard InChI is InChI=1S/C20H37N5O5/c1-14(10-8-9-13-22-25-21)23-18(28)24-15(17(27)30-20(5,6)7)11-12-16(26)29-19(2,3)4/h14-15H,8-13H2,1-7H3,(H2,23,24,28)/t14-,15+/m1/s1. The zero-order valence-corrected chi connectivity index (χ0v) is 19.3. The number of esters is 2. The van der Waals surface area contributed by atoms with Crippen LogP contribution < -0.4 is 10.6 Å². The predicted molar refractivity (Wildman–Crippen MR) is 114 cm³/mol. The Morgan fingerprint density at radius 3 is 2.10 bits per heavy atom. The number of urea groups is 1. The monoisotopic (exact) mass is 427 g/mol. The maximum Gasteiger partial charge on any atom is 0.329 e. The quantitative estimate of drug-likeness (QED) is 0.168. The number of nitrogens with zero attached hydrogens (tertiary/aromatic N) is 3. The lowest BCUT2D eigenvalue weighted by Crippen LogP contribution is -2.50. The number of amides is 2. The molecule has 0 rings (SSSR count). The van der Waals surface area contributed by atoms with E-state index in [4.69, 9.17) is 15.0 Å². The van der Waals surface area contributed by atoms with Gasteiger partial charge in [0.05, 0.1) is 0 Å². The van der Waals surface area contributed by atoms with Crippen LogP contribution in [-0.4, -0.2) is 47.8 Å². The van der Waals surface area contributed by atoms with Gasteiger partial charge in [0.1, 0.15) is 17.2 Å². The maximum atomic E-state index is 12.5. The number of unbranched alkanes of at least 4 members (excludes halogenated alkanes) is 1. The molecular formula is C20H37N5O5. The molecule has 30 heavy (non-hydrogen) atoms. The van der Waals surface area contributed by atoms with Crippen molar-refractivity contribution in [1.82, 2.24) is 10.6 Å². The largest absolute Gasteiger partial charge is 0.460 e. The molecule has 10 heteroatoms. The second-order valence-corrected chi connectivity index (χ2v) is 9.18. The first-order valence-electron chi connectivity index (χ1n) is 10.3. The molecule has 0 heterocycles. The van der Waals surface area contributed by atoms with Crippen LogP contribution in [0.25, 0.3) is 10.4 Å². The van der Waals surface area contributed by atoms with E-state index in [2.05, 4.69) is 20.7 Å². The van der Waals surface area contributed by atoms with E-state index in [0.29, 0.717) is 13.0 Å². The Labute approximate surface area is 179 Å². The smallest absolute Gasteiger partial charge is 0.329 e. The van der Waals surface area contributed by atoms with E-state index in [0.717, 1.165) is 12.8 Å². The maximum absolute atomic E-state index is 12.5. The van der Waals surface area contributed by atoms with Gasteiger partial charge >= 0.3 is 18.0 Å². The van der Waals surface area contributed by atoms with E-state index in [-0.39, 0.29) is 18.9 Å². The van der Waals surface area contributed by atoms with Gasteiger partial charge in [0.25, 0.3) is 0 Å². The molecule has 0 aliphatic carbocycles. The first-order chi connectivity index (χ1) is 13.7. The van der Waals surface area contributed by atoms with Crippen molar-refractivity contribution in [3.8, 4) is 0 Å². The molecule has 0 radical (unpaired) electrons. The number of hydrogen-bond donors (Lipinski definition) is 2. The molecule has 0 aromatic rings. The highest BCUT2D eigenvalue weighted by Crippen LogP contribution is 2.13. The lowest BCUT2D eigenvalue weighted by atomic mass is 10.1. The van der Waals surface area contributed by atoms with Crippen LogP contribution in [0.15, 0.2) is 5.11 Å². The number of carbonyl (C=O) groups is 3. The minimum Gasteiger partial charge on any atom is -0.460 e. The first kappa shape index (κ1) is 27.5. The fraction of sp³-hybridized carbons (Fsp3) is 0.850. The van der Waals surface area contributed by atoms with Crippen LogP contribution in [0.3, 0.4) is 0 Å². The molecule has 2 atom stereocenters. The lowest BCUT2D eigenvalue weighted by molar-refractivity contribution is -0.158. The molecule has 0 spiro atoms. The van der Waals surface area contributed by atoms with E-state index >= 15 is 0 Å². The van der Waals surface area contributed by atoms with Crippen molar-refractivity contribution in [2.45, 2.75) is 104 Å². The summed E-state index contributed by atoms with van der Waals surface area (Å²) in [5, 5.41) is 8.83. The van der Waals surface area contributed by atoms with Crippen molar-refractivity contribution in [2.24, 2.45) is 5.11 Å². The Kier molecular flexibility index (Phi) is 11.9. The molecule has 0 fully saturated rings. The Bertz CT molecular complexity index is 618. The second kappa shape index (κ2) is 13.0. The van der Waals surface area contributed by atoms with Crippen molar-refractivity contribution in [2.75, 3.05) is 6.54 Å². The van der Waals surface area contributed by atoms with Gasteiger partial charge in [-0.25, -0.2) is 9.59 Å². The number of hydrogen-bond acceptors (Lipinski definition) is 6. The number of ether oxygens (including phenoxy) is 2. The third-order valence-electron chi connectivity index (χ3n) is 3.64. The summed E-state index contributed by atoms with van der Waals surface area (Å²) in [6.07, 6.45) is 2.25. The average molecular weight is 428 g/mol. The molecule has 2 amide bonds. The third kappa shape index (κ3) is 15.4. The molecule has 0 aliphatic heterocycles. The van der Waals surface area contributed by atoms with Gasteiger partial charge in [-0.05, 0) is 73.3 Å². The van der Waals surface area contributed by atoms with Gasteiger partial charge < -0.3 is 20.1 Å². The fourth-order valence-corrected chi connectivity index (χ4v) is 2.45. The number of rotatable bonds is 11. The van der Waals surface area contributed by atoms with Gasteiger partial charge in [0, 0.05) is 23.9 Å². The van der Waals surface area contributed by atoms with Crippen LogP contribution in [0.4, 0.5) is 4.79 Å². The molecule has 0 aromatic carbocycles. The summed E-state index contributed by atoms with van der Waals surface area (Å²) in [6, 6.07) is -1.63. The van der Waals surface area contributed by atoms with Gasteiger partial charge in [0.2, 0.25) is 0 Å². The Balaban J connectivity index is 4.77. The summed E-state index contributed by atoms with van der Waals surface area (Å²) in [5.74, 6) is -1.06. The average Bonchev–Trinajstić information content (AvgIpc) is 2.55. The van der Waals surface area contributed by atoms with Crippen LogP contribution in [0.2, 0.25) is 0 Å². The molecule has 2 N–H and O–H groups in total. The topological polar surface area (TPSA) is 142 Å². The summed E-state index contributed by atoms with van der Waals surface area (Å²) in [5.41, 5.74) is 6.90. The first-order valence-corrected chi connectivity index (χ1v) is 10.3. The van der Waals surface area contributed by atoms with Gasteiger partial charge in [-0.15, -0.1) is 0 Å². The summed E-state index contributed by atoms with van der Waals surface area (Å²) in [7, 11) is 0. The van der Waals surface area contributed by atoms with E-state index in [9.17, 15) is 14.4 Å². The van der Waals surface area contributed by atoms with Gasteiger partial charge in [-0.3, -0.25) is 4.79 Å². The lowest BCUT2D eigenvalue weighted by Gasteiger charge is -2.25.